The Morgan fingerprint density at radius 3 is 2.68 bits per heavy atom. The van der Waals surface area contributed by atoms with Crippen LogP contribution in [0.2, 0.25) is 0 Å². The first-order valence-corrected chi connectivity index (χ1v) is 9.04. The van der Waals surface area contributed by atoms with Gasteiger partial charge in [-0.3, -0.25) is 4.68 Å². The number of hydrogen-bond donors (Lipinski definition) is 1. The van der Waals surface area contributed by atoms with Gasteiger partial charge in [-0.15, -0.1) is 0 Å². The van der Waals surface area contributed by atoms with Crippen LogP contribution in [0.4, 0.5) is 5.82 Å². The molecule has 0 atom stereocenters. The first-order chi connectivity index (χ1) is 12.2. The van der Waals surface area contributed by atoms with E-state index in [4.69, 9.17) is 0 Å². The van der Waals surface area contributed by atoms with E-state index in [2.05, 4.69) is 46.2 Å². The molecule has 1 N–H and O–H groups in total. The van der Waals surface area contributed by atoms with Crippen LogP contribution >= 0.6 is 0 Å². The minimum atomic E-state index is 0.577. The molecule has 128 valence electrons. The van der Waals surface area contributed by atoms with Gasteiger partial charge in [0.05, 0.1) is 6.20 Å². The summed E-state index contributed by atoms with van der Waals surface area (Å²) in [5.74, 6) is 1.46. The van der Waals surface area contributed by atoms with Gasteiger partial charge in [-0.2, -0.15) is 5.10 Å². The van der Waals surface area contributed by atoms with Crippen LogP contribution < -0.4 is 5.32 Å². The lowest BCUT2D eigenvalue weighted by Crippen LogP contribution is -2.14. The Morgan fingerprint density at radius 2 is 1.92 bits per heavy atom. The molecular formula is C21H24N4. The van der Waals surface area contributed by atoms with Crippen LogP contribution in [0.3, 0.4) is 0 Å². The maximum atomic E-state index is 4.56. The van der Waals surface area contributed by atoms with Crippen LogP contribution in [0.5, 0.6) is 0 Å². The summed E-state index contributed by atoms with van der Waals surface area (Å²) < 4.78 is 1.83. The number of aromatic nitrogens is 3. The Bertz CT molecular complexity index is 903. The Morgan fingerprint density at radius 1 is 1.08 bits per heavy atom. The lowest BCUT2D eigenvalue weighted by atomic mass is 9.87. The molecule has 1 fully saturated rings. The summed E-state index contributed by atoms with van der Waals surface area (Å²) in [6.45, 7) is 4.26. The van der Waals surface area contributed by atoms with E-state index in [0.29, 0.717) is 5.92 Å². The smallest absolute Gasteiger partial charge is 0.130 e. The molecule has 0 spiro atoms. The molecule has 4 nitrogen and oxygen atoms in total. The van der Waals surface area contributed by atoms with Gasteiger partial charge in [0.25, 0.3) is 0 Å². The predicted molar refractivity (Wildman–Crippen MR) is 103 cm³/mol. The van der Waals surface area contributed by atoms with Gasteiger partial charge < -0.3 is 5.32 Å². The zero-order chi connectivity index (χ0) is 17.2. The average molecular weight is 332 g/mol. The normalized spacial score (nSPS) is 15.4. The van der Waals surface area contributed by atoms with Gasteiger partial charge in [-0.05, 0) is 41.8 Å². The average Bonchev–Trinajstić information content (AvgIpc) is 3.08. The molecule has 25 heavy (non-hydrogen) atoms. The zero-order valence-electron chi connectivity index (χ0n) is 14.7. The van der Waals surface area contributed by atoms with Crippen molar-refractivity contribution in [1.82, 2.24) is 14.8 Å². The lowest BCUT2D eigenvalue weighted by molar-refractivity contribution is 0.405. The minimum absolute atomic E-state index is 0.577. The third kappa shape index (κ3) is 3.43. The molecule has 1 aromatic carbocycles. The monoisotopic (exact) mass is 332 g/mol. The fraction of sp³-hybridized carbons (Fsp3) is 0.333. The summed E-state index contributed by atoms with van der Waals surface area (Å²) in [5.41, 5.74) is 3.40. The first-order valence-electron chi connectivity index (χ1n) is 9.04. The van der Waals surface area contributed by atoms with Crippen LogP contribution in [-0.2, 0) is 7.05 Å². The summed E-state index contributed by atoms with van der Waals surface area (Å²) in [6, 6.07) is 8.55. The van der Waals surface area contributed by atoms with Crippen LogP contribution in [-0.4, -0.2) is 14.8 Å². The Hall–Kier alpha value is -2.62. The van der Waals surface area contributed by atoms with Gasteiger partial charge in [0.1, 0.15) is 5.82 Å². The molecule has 0 bridgehead atoms. The van der Waals surface area contributed by atoms with Crippen LogP contribution in [0, 0.1) is 5.92 Å². The number of nitrogens with zero attached hydrogens (tertiary/aromatic N) is 3. The summed E-state index contributed by atoms with van der Waals surface area (Å²) >= 11 is 0. The van der Waals surface area contributed by atoms with E-state index in [9.17, 15) is 0 Å². The molecule has 2 aromatic heterocycles. The van der Waals surface area contributed by atoms with E-state index in [1.165, 1.54) is 43.1 Å². The molecule has 4 rings (SSSR count). The number of anilines is 1. The molecule has 2 heterocycles. The fourth-order valence-electron chi connectivity index (χ4n) is 3.68. The van der Waals surface area contributed by atoms with Crippen LogP contribution in [0.15, 0.2) is 55.1 Å². The van der Waals surface area contributed by atoms with Gasteiger partial charge in [0, 0.05) is 36.1 Å². The summed E-state index contributed by atoms with van der Waals surface area (Å²) in [4.78, 5) is 4.56. The lowest BCUT2D eigenvalue weighted by Gasteiger charge is -2.24. The molecule has 4 heteroatoms. The Kier molecular flexibility index (Phi) is 4.26. The van der Waals surface area contributed by atoms with Crippen molar-refractivity contribution in [2.45, 2.75) is 32.1 Å². The van der Waals surface area contributed by atoms with Crippen LogP contribution in [0.1, 0.15) is 32.1 Å². The van der Waals surface area contributed by atoms with Crippen molar-refractivity contribution < 1.29 is 0 Å². The van der Waals surface area contributed by atoms with Crippen molar-refractivity contribution in [3.05, 3.63) is 55.1 Å². The highest BCUT2D eigenvalue weighted by Gasteiger charge is 2.16. The number of benzene rings is 1. The number of pyridine rings is 1. The third-order valence-electron chi connectivity index (χ3n) is 5.15. The van der Waals surface area contributed by atoms with Gasteiger partial charge in [0.15, 0.2) is 0 Å². The molecule has 0 aliphatic heterocycles. The topological polar surface area (TPSA) is 42.7 Å². The number of aryl methyl sites for hydroxylation is 1. The molecular weight excluding hydrogens is 308 g/mol. The summed E-state index contributed by atoms with van der Waals surface area (Å²) in [5, 5.41) is 10.0. The van der Waals surface area contributed by atoms with Crippen molar-refractivity contribution >= 4 is 16.6 Å². The molecule has 3 aromatic rings. The minimum Gasteiger partial charge on any atom is -0.344 e. The van der Waals surface area contributed by atoms with Gasteiger partial charge in [0.2, 0.25) is 0 Å². The van der Waals surface area contributed by atoms with Gasteiger partial charge in [-0.1, -0.05) is 38.0 Å². The highest BCUT2D eigenvalue weighted by molar-refractivity contribution is 5.88. The quantitative estimate of drug-likeness (QED) is 0.719. The highest BCUT2D eigenvalue weighted by Crippen LogP contribution is 2.30. The standard InChI is InChI=1S/C21H24N4/c1-15(16-6-4-3-5-7-16)24-21-11-19-10-17(8-9-18(19)12-22-21)20-13-23-25(2)14-20/h8-14,16H,1,3-7H2,2H3,(H,22,24). The number of nitrogens with one attached hydrogen (secondary N) is 1. The zero-order valence-corrected chi connectivity index (χ0v) is 14.7. The third-order valence-corrected chi connectivity index (χ3v) is 5.15. The first kappa shape index (κ1) is 15.9. The molecule has 0 radical (unpaired) electrons. The number of allylic oxidation sites excluding steroid dienone is 1. The van der Waals surface area contributed by atoms with Crippen molar-refractivity contribution in [3.63, 3.8) is 0 Å². The Balaban J connectivity index is 1.59. The number of hydrogen-bond acceptors (Lipinski definition) is 3. The molecule has 1 aliphatic rings. The Labute approximate surface area is 148 Å². The van der Waals surface area contributed by atoms with Crippen molar-refractivity contribution in [3.8, 4) is 11.1 Å². The summed E-state index contributed by atoms with van der Waals surface area (Å²) in [6.07, 6.45) is 12.3. The van der Waals surface area contributed by atoms with Crippen LogP contribution in [0.25, 0.3) is 21.9 Å². The maximum absolute atomic E-state index is 4.56. The van der Waals surface area contributed by atoms with Gasteiger partial charge in [-0.25, -0.2) is 4.98 Å². The summed E-state index contributed by atoms with van der Waals surface area (Å²) in [7, 11) is 1.94. The molecule has 0 unspecified atom stereocenters. The molecule has 0 amide bonds. The molecule has 0 saturated heterocycles. The van der Waals surface area contributed by atoms with Crippen molar-refractivity contribution in [2.24, 2.45) is 13.0 Å². The highest BCUT2D eigenvalue weighted by atomic mass is 15.2. The van der Waals surface area contributed by atoms with E-state index >= 15 is 0 Å². The van der Waals surface area contributed by atoms with E-state index in [-0.39, 0.29) is 0 Å². The molecule has 1 aliphatic carbocycles. The van der Waals surface area contributed by atoms with E-state index in [1.54, 1.807) is 0 Å². The second-order valence-electron chi connectivity index (χ2n) is 7.02. The van der Waals surface area contributed by atoms with Crippen molar-refractivity contribution in [1.29, 1.82) is 0 Å². The number of fused-ring (bicyclic) bond motifs is 1. The fourth-order valence-corrected chi connectivity index (χ4v) is 3.68. The second kappa shape index (κ2) is 6.71. The maximum Gasteiger partial charge on any atom is 0.130 e. The molecule has 1 saturated carbocycles. The van der Waals surface area contributed by atoms with E-state index in [1.807, 2.05) is 30.3 Å². The largest absolute Gasteiger partial charge is 0.344 e. The second-order valence-corrected chi connectivity index (χ2v) is 7.02. The van der Waals surface area contributed by atoms with E-state index < -0.39 is 0 Å². The van der Waals surface area contributed by atoms with E-state index in [0.717, 1.165) is 22.5 Å². The number of rotatable bonds is 4. The van der Waals surface area contributed by atoms with Crippen molar-refractivity contribution in [2.75, 3.05) is 5.32 Å². The SMILES string of the molecule is C=C(Nc1cc2cc(-c3cnn(C)c3)ccc2cn1)C1CCCCC1. The van der Waals surface area contributed by atoms with Gasteiger partial charge >= 0.3 is 0 Å². The predicted octanol–water partition coefficient (Wildman–Crippen LogP) is 5.14.